The summed E-state index contributed by atoms with van der Waals surface area (Å²) < 4.78 is 1.80. The van der Waals surface area contributed by atoms with Crippen molar-refractivity contribution >= 4 is 0 Å². The highest BCUT2D eigenvalue weighted by atomic mass is 15.5. The van der Waals surface area contributed by atoms with Gasteiger partial charge in [-0.1, -0.05) is 29.8 Å². The molecular formula is C14H17N5. The number of rotatable bonds is 6. The van der Waals surface area contributed by atoms with Crippen LogP contribution in [0.2, 0.25) is 0 Å². The van der Waals surface area contributed by atoms with Crippen LogP contribution in [0.3, 0.4) is 0 Å². The molecule has 2 rings (SSSR count). The summed E-state index contributed by atoms with van der Waals surface area (Å²) in [4.78, 5) is 0. The Kier molecular flexibility index (Phi) is 4.62. The summed E-state index contributed by atoms with van der Waals surface area (Å²) in [5.74, 6) is 0.888. The zero-order valence-corrected chi connectivity index (χ0v) is 11.1. The van der Waals surface area contributed by atoms with Crippen LogP contribution in [0.1, 0.15) is 29.8 Å². The van der Waals surface area contributed by atoms with Crippen molar-refractivity contribution in [3.8, 4) is 6.07 Å². The molecule has 1 heterocycles. The van der Waals surface area contributed by atoms with E-state index in [1.165, 1.54) is 11.1 Å². The average molecular weight is 255 g/mol. The Morgan fingerprint density at radius 2 is 2.00 bits per heavy atom. The molecule has 0 aliphatic heterocycles. The van der Waals surface area contributed by atoms with Gasteiger partial charge in [0.2, 0.25) is 0 Å². The summed E-state index contributed by atoms with van der Waals surface area (Å²) >= 11 is 0. The highest BCUT2D eigenvalue weighted by Crippen LogP contribution is 2.07. The molecule has 98 valence electrons. The minimum atomic E-state index is 0.539. The summed E-state index contributed by atoms with van der Waals surface area (Å²) in [6.45, 7) is 2.79. The van der Waals surface area contributed by atoms with E-state index in [0.717, 1.165) is 25.1 Å². The van der Waals surface area contributed by atoms with Crippen molar-refractivity contribution in [2.45, 2.75) is 39.2 Å². The molecule has 0 unspecified atom stereocenters. The maximum Gasteiger partial charge on any atom is 0.151 e. The van der Waals surface area contributed by atoms with Gasteiger partial charge in [0.25, 0.3) is 0 Å². The summed E-state index contributed by atoms with van der Waals surface area (Å²) in [7, 11) is 0. The molecule has 0 bridgehead atoms. The number of aromatic nitrogens is 4. The number of hydrogen-bond acceptors (Lipinski definition) is 4. The third-order valence-corrected chi connectivity index (χ3v) is 3.02. The standard InChI is InChI=1S/C14H17N5/c1-12-4-6-13(7-5-12)8-9-14-16-17-18-19(14)11-3-2-10-15/h4-7H,2-3,8-9,11H2,1H3. The molecule has 1 aromatic carbocycles. The van der Waals surface area contributed by atoms with E-state index in [1.54, 1.807) is 4.68 Å². The molecule has 5 heteroatoms. The van der Waals surface area contributed by atoms with E-state index in [0.29, 0.717) is 13.0 Å². The lowest BCUT2D eigenvalue weighted by molar-refractivity contribution is 0.541. The van der Waals surface area contributed by atoms with Crippen molar-refractivity contribution in [3.05, 3.63) is 41.2 Å². The maximum absolute atomic E-state index is 8.53. The van der Waals surface area contributed by atoms with Crippen LogP contribution in [0, 0.1) is 18.3 Å². The first-order chi connectivity index (χ1) is 9.29. The van der Waals surface area contributed by atoms with Crippen molar-refractivity contribution in [3.63, 3.8) is 0 Å². The lowest BCUT2D eigenvalue weighted by atomic mass is 10.1. The first kappa shape index (κ1) is 13.2. The van der Waals surface area contributed by atoms with Crippen molar-refractivity contribution in [2.24, 2.45) is 0 Å². The first-order valence-corrected chi connectivity index (χ1v) is 6.47. The Balaban J connectivity index is 1.91. The number of aryl methyl sites for hydroxylation is 4. The van der Waals surface area contributed by atoms with Gasteiger partial charge < -0.3 is 0 Å². The fraction of sp³-hybridized carbons (Fsp3) is 0.429. The van der Waals surface area contributed by atoms with E-state index in [9.17, 15) is 0 Å². The fourth-order valence-corrected chi connectivity index (χ4v) is 1.89. The molecule has 19 heavy (non-hydrogen) atoms. The van der Waals surface area contributed by atoms with E-state index < -0.39 is 0 Å². The number of hydrogen-bond donors (Lipinski definition) is 0. The van der Waals surface area contributed by atoms with E-state index in [1.807, 2.05) is 0 Å². The highest BCUT2D eigenvalue weighted by molar-refractivity contribution is 5.21. The zero-order chi connectivity index (χ0) is 13.5. The SMILES string of the molecule is Cc1ccc(CCc2nnnn2CCCC#N)cc1. The molecule has 0 aliphatic carbocycles. The summed E-state index contributed by atoms with van der Waals surface area (Å²) in [6.07, 6.45) is 3.08. The molecule has 0 atom stereocenters. The number of unbranched alkanes of at least 4 members (excludes halogenated alkanes) is 1. The van der Waals surface area contributed by atoms with Crippen molar-refractivity contribution in [1.82, 2.24) is 20.2 Å². The Labute approximate surface area is 112 Å². The van der Waals surface area contributed by atoms with Crippen LogP contribution >= 0.6 is 0 Å². The first-order valence-electron chi connectivity index (χ1n) is 6.47. The normalized spacial score (nSPS) is 10.3. The van der Waals surface area contributed by atoms with E-state index in [4.69, 9.17) is 5.26 Å². The lowest BCUT2D eigenvalue weighted by Crippen LogP contribution is -2.07. The second-order valence-corrected chi connectivity index (χ2v) is 4.57. The van der Waals surface area contributed by atoms with Crippen molar-refractivity contribution in [1.29, 1.82) is 5.26 Å². The lowest BCUT2D eigenvalue weighted by Gasteiger charge is -2.04. The van der Waals surface area contributed by atoms with Gasteiger partial charge in [0.15, 0.2) is 5.82 Å². The highest BCUT2D eigenvalue weighted by Gasteiger charge is 2.05. The fourth-order valence-electron chi connectivity index (χ4n) is 1.89. The monoisotopic (exact) mass is 255 g/mol. The number of nitriles is 1. The Morgan fingerprint density at radius 3 is 2.74 bits per heavy atom. The molecule has 5 nitrogen and oxygen atoms in total. The molecule has 2 aromatic rings. The number of nitrogens with zero attached hydrogens (tertiary/aromatic N) is 5. The molecule has 0 spiro atoms. The zero-order valence-electron chi connectivity index (χ0n) is 11.1. The second kappa shape index (κ2) is 6.64. The topological polar surface area (TPSA) is 67.4 Å². The van der Waals surface area contributed by atoms with Crippen LogP contribution in [0.5, 0.6) is 0 Å². The molecule has 0 saturated heterocycles. The summed E-state index contributed by atoms with van der Waals surface area (Å²) in [6, 6.07) is 10.6. The van der Waals surface area contributed by atoms with Crippen molar-refractivity contribution < 1.29 is 0 Å². The second-order valence-electron chi connectivity index (χ2n) is 4.57. The smallest absolute Gasteiger partial charge is 0.151 e. The molecule has 0 amide bonds. The van der Waals surface area contributed by atoms with Crippen LogP contribution in [0.15, 0.2) is 24.3 Å². The van der Waals surface area contributed by atoms with Gasteiger partial charge >= 0.3 is 0 Å². The van der Waals surface area contributed by atoms with E-state index in [-0.39, 0.29) is 0 Å². The summed E-state index contributed by atoms with van der Waals surface area (Å²) in [5, 5.41) is 20.2. The van der Waals surface area contributed by atoms with Crippen LogP contribution in [0.4, 0.5) is 0 Å². The molecule has 0 N–H and O–H groups in total. The van der Waals surface area contributed by atoms with Crippen LogP contribution in [0.25, 0.3) is 0 Å². The van der Waals surface area contributed by atoms with Crippen LogP contribution in [-0.4, -0.2) is 20.2 Å². The maximum atomic E-state index is 8.53. The molecular weight excluding hydrogens is 238 g/mol. The third kappa shape index (κ3) is 3.88. The quantitative estimate of drug-likeness (QED) is 0.741. The Morgan fingerprint density at radius 1 is 1.21 bits per heavy atom. The summed E-state index contributed by atoms with van der Waals surface area (Å²) in [5.41, 5.74) is 2.56. The largest absolute Gasteiger partial charge is 0.230 e. The van der Waals surface area contributed by atoms with Crippen LogP contribution in [-0.2, 0) is 19.4 Å². The molecule has 0 radical (unpaired) electrons. The molecule has 1 aromatic heterocycles. The molecule has 0 saturated carbocycles. The van der Waals surface area contributed by atoms with E-state index in [2.05, 4.69) is 52.8 Å². The third-order valence-electron chi connectivity index (χ3n) is 3.02. The van der Waals surface area contributed by atoms with Crippen LogP contribution < -0.4 is 0 Å². The minimum absolute atomic E-state index is 0.539. The predicted molar refractivity (Wildman–Crippen MR) is 71.3 cm³/mol. The van der Waals surface area contributed by atoms with Gasteiger partial charge in [0.1, 0.15) is 0 Å². The van der Waals surface area contributed by atoms with Gasteiger partial charge in [-0.2, -0.15) is 5.26 Å². The minimum Gasteiger partial charge on any atom is -0.230 e. The van der Waals surface area contributed by atoms with Gasteiger partial charge in [0, 0.05) is 19.4 Å². The predicted octanol–water partition coefficient (Wildman–Crippen LogP) is 2.07. The molecule has 0 fully saturated rings. The van der Waals surface area contributed by atoms with Gasteiger partial charge in [0.05, 0.1) is 6.07 Å². The van der Waals surface area contributed by atoms with Gasteiger partial charge in [-0.15, -0.1) is 5.10 Å². The molecule has 0 aliphatic rings. The van der Waals surface area contributed by atoms with Gasteiger partial charge in [-0.05, 0) is 35.8 Å². The number of tetrazole rings is 1. The van der Waals surface area contributed by atoms with Crippen molar-refractivity contribution in [2.75, 3.05) is 0 Å². The van der Waals surface area contributed by atoms with Gasteiger partial charge in [-0.3, -0.25) is 0 Å². The Hall–Kier alpha value is -2.22. The van der Waals surface area contributed by atoms with E-state index >= 15 is 0 Å². The Bertz CT molecular complexity index is 550. The number of benzene rings is 1. The van der Waals surface area contributed by atoms with Gasteiger partial charge in [-0.25, -0.2) is 4.68 Å². The average Bonchev–Trinajstić information content (AvgIpc) is 2.86.